The molecule has 0 N–H and O–H groups in total. The molecule has 0 bridgehead atoms. The Morgan fingerprint density at radius 1 is 0.854 bits per heavy atom. The van der Waals surface area contributed by atoms with Gasteiger partial charge in [-0.3, -0.25) is 0 Å². The van der Waals surface area contributed by atoms with Gasteiger partial charge in [0.1, 0.15) is 5.60 Å². The van der Waals surface area contributed by atoms with Crippen molar-refractivity contribution < 1.29 is 53.8 Å². The van der Waals surface area contributed by atoms with Crippen LogP contribution in [0.2, 0.25) is 0 Å². The van der Waals surface area contributed by atoms with E-state index in [2.05, 4.69) is 15.4 Å². The van der Waals surface area contributed by atoms with Gasteiger partial charge in [0.05, 0.1) is 29.3 Å². The highest BCUT2D eigenvalue weighted by molar-refractivity contribution is 5.68. The molecule has 0 atom stereocenters. The fraction of sp³-hybridized carbons (Fsp3) is 0.533. The molecule has 18 heteroatoms. The smallest absolute Gasteiger partial charge is 0.416 e. The number of carbonyl (C=O) groups excluding carboxylic acids is 1. The Hall–Kier alpha value is -4.09. The van der Waals surface area contributed by atoms with Crippen LogP contribution in [0, 0.1) is 0 Å². The maximum atomic E-state index is 14.0. The summed E-state index contributed by atoms with van der Waals surface area (Å²) in [6.07, 6.45) is -15.4. The topological polar surface area (TPSA) is 85.6 Å². The minimum Gasteiger partial charge on any atom is -0.444 e. The summed E-state index contributed by atoms with van der Waals surface area (Å²) in [6, 6.07) is 3.94. The van der Waals surface area contributed by atoms with Crippen molar-refractivity contribution in [3.05, 3.63) is 69.8 Å². The van der Waals surface area contributed by atoms with E-state index in [1.54, 1.807) is 20.8 Å². The Labute approximate surface area is 269 Å². The first-order valence-electron chi connectivity index (χ1n) is 14.5. The molecule has 4 rings (SSSR count). The normalized spacial score (nSPS) is 15.8. The minimum atomic E-state index is -5.13. The Balaban J connectivity index is 1.78. The van der Waals surface area contributed by atoms with Crippen LogP contribution in [0.5, 0.6) is 0 Å². The summed E-state index contributed by atoms with van der Waals surface area (Å²) in [5.41, 5.74) is -6.35. The highest BCUT2D eigenvalue weighted by Crippen LogP contribution is 2.42. The summed E-state index contributed by atoms with van der Waals surface area (Å²) < 4.78 is 135. The summed E-state index contributed by atoms with van der Waals surface area (Å²) in [5.74, 6) is -0.266. The molecule has 3 aromatic rings. The van der Waals surface area contributed by atoms with E-state index in [0.29, 0.717) is 12.1 Å². The Morgan fingerprint density at radius 2 is 1.42 bits per heavy atom. The number of methoxy groups -OCH3 is 1. The molecular weight excluding hydrogens is 663 g/mol. The number of ether oxygens (including phenoxy) is 2. The van der Waals surface area contributed by atoms with Crippen LogP contribution in [-0.4, -0.2) is 57.0 Å². The number of tetrazole rings is 1. The average molecular weight is 697 g/mol. The van der Waals surface area contributed by atoms with Crippen molar-refractivity contribution in [1.29, 1.82) is 0 Å². The molecule has 0 saturated carbocycles. The van der Waals surface area contributed by atoms with E-state index in [1.807, 2.05) is 0 Å². The zero-order valence-electron chi connectivity index (χ0n) is 26.5. The van der Waals surface area contributed by atoms with Gasteiger partial charge in [-0.05, 0) is 85.8 Å². The molecule has 2 aromatic carbocycles. The van der Waals surface area contributed by atoms with Crippen LogP contribution in [0.15, 0.2) is 36.4 Å². The van der Waals surface area contributed by atoms with E-state index in [4.69, 9.17) is 9.47 Å². The molecule has 264 valence electrons. The van der Waals surface area contributed by atoms with Gasteiger partial charge in [-0.25, -0.2) is 4.79 Å². The number of halogens is 9. The molecule has 0 spiro atoms. The molecule has 0 unspecified atom stereocenters. The quantitative estimate of drug-likeness (QED) is 0.239. The molecule has 1 fully saturated rings. The van der Waals surface area contributed by atoms with Crippen LogP contribution in [0.3, 0.4) is 0 Å². The summed E-state index contributed by atoms with van der Waals surface area (Å²) >= 11 is 0. The van der Waals surface area contributed by atoms with E-state index in [-0.39, 0.29) is 49.1 Å². The molecule has 1 aliphatic heterocycles. The maximum Gasteiger partial charge on any atom is 0.416 e. The largest absolute Gasteiger partial charge is 0.444 e. The summed E-state index contributed by atoms with van der Waals surface area (Å²) in [7, 11) is 2.71. The summed E-state index contributed by atoms with van der Waals surface area (Å²) in [5, 5.41) is 11.5. The van der Waals surface area contributed by atoms with Crippen LogP contribution < -0.4 is 4.90 Å². The zero-order valence-corrected chi connectivity index (χ0v) is 26.5. The Morgan fingerprint density at radius 3 is 1.88 bits per heavy atom. The molecule has 2 heterocycles. The Bertz CT molecular complexity index is 1570. The van der Waals surface area contributed by atoms with Crippen LogP contribution >= 0.6 is 0 Å². The van der Waals surface area contributed by atoms with Gasteiger partial charge in [0.15, 0.2) is 0 Å². The molecule has 9 nitrogen and oxygen atoms in total. The molecule has 0 aliphatic carbocycles. The van der Waals surface area contributed by atoms with Crippen LogP contribution in [0.4, 0.5) is 50.3 Å². The molecule has 1 aliphatic rings. The van der Waals surface area contributed by atoms with E-state index in [0.717, 1.165) is 21.8 Å². The first-order chi connectivity index (χ1) is 22.0. The number of hydrogen-bond acceptors (Lipinski definition) is 7. The third kappa shape index (κ3) is 8.68. The molecule has 0 radical (unpaired) electrons. The van der Waals surface area contributed by atoms with Gasteiger partial charge in [-0.15, -0.1) is 5.10 Å². The Kier molecular flexibility index (Phi) is 10.0. The fourth-order valence-corrected chi connectivity index (χ4v) is 5.44. The number of aromatic nitrogens is 4. The summed E-state index contributed by atoms with van der Waals surface area (Å²) in [6.45, 7) is 4.16. The number of benzene rings is 2. The van der Waals surface area contributed by atoms with E-state index in [9.17, 15) is 44.3 Å². The van der Waals surface area contributed by atoms with Crippen LogP contribution in [0.25, 0.3) is 0 Å². The van der Waals surface area contributed by atoms with E-state index >= 15 is 0 Å². The number of anilines is 1. The number of likely N-dealkylation sites (tertiary alicyclic amines) is 1. The number of aryl methyl sites for hydroxylation is 1. The minimum absolute atomic E-state index is 0.00660. The lowest BCUT2D eigenvalue weighted by Crippen LogP contribution is -2.48. The third-order valence-corrected chi connectivity index (χ3v) is 7.70. The van der Waals surface area contributed by atoms with Crippen molar-refractivity contribution in [2.24, 2.45) is 7.05 Å². The fourth-order valence-electron chi connectivity index (χ4n) is 5.44. The van der Waals surface area contributed by atoms with Crippen molar-refractivity contribution in [2.45, 2.75) is 76.4 Å². The number of piperidine rings is 1. The second kappa shape index (κ2) is 13.1. The van der Waals surface area contributed by atoms with Crippen molar-refractivity contribution in [2.75, 3.05) is 25.1 Å². The number of amides is 1. The van der Waals surface area contributed by atoms with Gasteiger partial charge in [0, 0.05) is 33.3 Å². The maximum absolute atomic E-state index is 14.0. The highest BCUT2D eigenvalue weighted by Gasteiger charge is 2.42. The van der Waals surface area contributed by atoms with Gasteiger partial charge in [0.25, 0.3) is 5.95 Å². The van der Waals surface area contributed by atoms with Crippen molar-refractivity contribution in [3.8, 4) is 0 Å². The second-order valence-corrected chi connectivity index (χ2v) is 12.4. The monoisotopic (exact) mass is 696 g/mol. The first-order valence-corrected chi connectivity index (χ1v) is 14.5. The van der Waals surface area contributed by atoms with Gasteiger partial charge < -0.3 is 19.3 Å². The molecule has 1 amide bonds. The lowest BCUT2D eigenvalue weighted by atomic mass is 9.81. The highest BCUT2D eigenvalue weighted by atomic mass is 19.4. The SMILES string of the molecule is COC1(c2ccc(C(F)(F)F)cc2CN(Cc2cc(C(F)(F)F)cc(C(F)(F)F)c2)c2nnn(C)n2)CCN(C(=O)OC(C)(C)C)CC1. The van der Waals surface area contributed by atoms with Crippen LogP contribution in [-0.2, 0) is 53.7 Å². The van der Waals surface area contributed by atoms with Crippen molar-refractivity contribution in [1.82, 2.24) is 25.1 Å². The lowest BCUT2D eigenvalue weighted by molar-refractivity contribution is -0.143. The van der Waals surface area contributed by atoms with Gasteiger partial charge in [0.2, 0.25) is 0 Å². The second-order valence-electron chi connectivity index (χ2n) is 12.4. The van der Waals surface area contributed by atoms with Crippen LogP contribution in [0.1, 0.15) is 67.0 Å². The average Bonchev–Trinajstić information content (AvgIpc) is 3.40. The molecular formula is C30H33F9N6O3. The standard InChI is InChI=1S/C30H33F9N6O3/c1-26(2,3)48-25(46)44-10-8-27(47-5,9-11-44)23-7-6-20(28(31,32)33)14-19(23)17-45(24-40-42-43(4)41-24)16-18-12-21(29(34,35)36)15-22(13-18)30(37,38)39/h6-7,12-15H,8-11,16-17H2,1-5H3. The number of hydrogen-bond donors (Lipinski definition) is 0. The molecule has 1 saturated heterocycles. The lowest BCUT2D eigenvalue weighted by Gasteiger charge is -2.42. The van der Waals surface area contributed by atoms with Gasteiger partial charge >= 0.3 is 24.6 Å². The van der Waals surface area contributed by atoms with E-state index < -0.39 is 71.2 Å². The molecule has 48 heavy (non-hydrogen) atoms. The zero-order chi connectivity index (χ0) is 35.9. The van der Waals surface area contributed by atoms with Crippen molar-refractivity contribution in [3.63, 3.8) is 0 Å². The van der Waals surface area contributed by atoms with Gasteiger partial charge in [-0.1, -0.05) is 11.2 Å². The number of alkyl halides is 9. The predicted octanol–water partition coefficient (Wildman–Crippen LogP) is 7.35. The van der Waals surface area contributed by atoms with Gasteiger partial charge in [-0.2, -0.15) is 44.3 Å². The third-order valence-electron chi connectivity index (χ3n) is 7.70. The number of nitrogens with zero attached hydrogens (tertiary/aromatic N) is 6. The van der Waals surface area contributed by atoms with E-state index in [1.165, 1.54) is 25.1 Å². The number of carbonyl (C=O) groups is 1. The first kappa shape index (κ1) is 36.7. The number of rotatable bonds is 7. The summed E-state index contributed by atoms with van der Waals surface area (Å²) in [4.78, 5) is 16.2. The van der Waals surface area contributed by atoms with Crippen molar-refractivity contribution >= 4 is 12.0 Å². The molecule has 1 aromatic heterocycles. The predicted molar refractivity (Wildman–Crippen MR) is 152 cm³/mol.